The van der Waals surface area contributed by atoms with Crippen LogP contribution in [0.25, 0.3) is 0 Å². The smallest absolute Gasteiger partial charge is 0.258 e. The van der Waals surface area contributed by atoms with Crippen molar-refractivity contribution in [2.24, 2.45) is 34.2 Å². The molecular weight excluding hydrogens is 557 g/mol. The summed E-state index contributed by atoms with van der Waals surface area (Å²) in [7, 11) is 2.07. The molecule has 2 aromatic rings. The quantitative estimate of drug-likeness (QED) is 0.101. The lowest BCUT2D eigenvalue weighted by Gasteiger charge is -2.37. The summed E-state index contributed by atoms with van der Waals surface area (Å²) in [6.07, 6.45) is 4.83. The third kappa shape index (κ3) is 6.98. The number of carbonyl (C=O) groups is 2. The molecule has 0 bridgehead atoms. The number of thiophene rings is 2. The van der Waals surface area contributed by atoms with Gasteiger partial charge in [0.05, 0.1) is 28.9 Å². The van der Waals surface area contributed by atoms with Crippen molar-refractivity contribution < 1.29 is 9.59 Å². The van der Waals surface area contributed by atoms with Gasteiger partial charge in [0, 0.05) is 21.8 Å². The summed E-state index contributed by atoms with van der Waals surface area (Å²) in [5.41, 5.74) is 15.9. The van der Waals surface area contributed by atoms with Gasteiger partial charge < -0.3 is 21.6 Å². The normalized spacial score (nSPS) is 27.1. The van der Waals surface area contributed by atoms with E-state index in [4.69, 9.17) is 22.6 Å². The molecule has 1 amide bonds. The fourth-order valence-corrected chi connectivity index (χ4v) is 8.43. The minimum Gasteiger partial charge on any atom is -0.385 e. The predicted molar refractivity (Wildman–Crippen MR) is 167 cm³/mol. The molecule has 0 spiro atoms. The first kappa shape index (κ1) is 32.7. The summed E-state index contributed by atoms with van der Waals surface area (Å²) in [5, 5.41) is 18.1. The topological polar surface area (TPSA) is 176 Å². The zero-order valence-corrected chi connectivity index (χ0v) is 26.3. The number of primary amides is 1. The maximum atomic E-state index is 11.8. The van der Waals surface area contributed by atoms with Crippen LogP contribution in [0.1, 0.15) is 71.1 Å². The third-order valence-corrected chi connectivity index (χ3v) is 10.7. The molecular formula is C29H44N8O2S2. The fraction of sp³-hybridized carbons (Fsp3) is 0.586. The Morgan fingerprint density at radius 2 is 2.05 bits per heavy atom. The molecule has 3 unspecified atom stereocenters. The van der Waals surface area contributed by atoms with E-state index in [1.165, 1.54) is 16.2 Å². The zero-order chi connectivity index (χ0) is 30.3. The number of nitrogens with one attached hydrogen (secondary N) is 2. The Balaban J connectivity index is 0.000000319. The molecule has 41 heavy (non-hydrogen) atoms. The highest BCUT2D eigenvalue weighted by atomic mass is 32.1. The molecule has 10 nitrogen and oxygen atoms in total. The SMILES string of the molecule is CC.C[C@H](CC1(/C(N)=N/NN)Cc2cc(C(N)=O)sc2CCc2sccc21)NCC=O.C[C@H]1C2C[C@@H](C#N)N(C)C21. The largest absolute Gasteiger partial charge is 0.385 e. The number of aryl methyl sites for hydroxylation is 2. The number of carbonyl (C=O) groups excluding carboxylic acids is 2. The molecule has 224 valence electrons. The number of aldehydes is 1. The van der Waals surface area contributed by atoms with Crippen LogP contribution >= 0.6 is 22.7 Å². The maximum absolute atomic E-state index is 11.8. The Bertz CT molecular complexity index is 1270. The number of piperidine rings is 1. The monoisotopic (exact) mass is 600 g/mol. The number of hydrazone groups is 1. The van der Waals surface area contributed by atoms with Crippen molar-refractivity contribution in [1.29, 1.82) is 5.26 Å². The van der Waals surface area contributed by atoms with E-state index in [2.05, 4.69) is 52.3 Å². The predicted octanol–water partition coefficient (Wildman–Crippen LogP) is 2.66. The molecule has 0 radical (unpaired) electrons. The number of hydrogen-bond donors (Lipinski definition) is 5. The van der Waals surface area contributed by atoms with Crippen LogP contribution in [-0.2, 0) is 29.5 Å². The van der Waals surface area contributed by atoms with E-state index in [9.17, 15) is 9.59 Å². The average molecular weight is 601 g/mol. The van der Waals surface area contributed by atoms with E-state index in [0.29, 0.717) is 23.6 Å². The number of amides is 1. The Labute approximate surface area is 251 Å². The van der Waals surface area contributed by atoms with E-state index in [1.807, 2.05) is 26.8 Å². The summed E-state index contributed by atoms with van der Waals surface area (Å²) in [5.74, 6) is 7.12. The lowest BCUT2D eigenvalue weighted by molar-refractivity contribution is -0.107. The summed E-state index contributed by atoms with van der Waals surface area (Å²) < 4.78 is 0. The Hall–Kier alpha value is -2.82. The lowest BCUT2D eigenvalue weighted by Crippen LogP contribution is -2.49. The summed E-state index contributed by atoms with van der Waals surface area (Å²) in [4.78, 5) is 27.8. The van der Waals surface area contributed by atoms with Gasteiger partial charge in [0.1, 0.15) is 12.1 Å². The van der Waals surface area contributed by atoms with Gasteiger partial charge in [-0.2, -0.15) is 10.4 Å². The number of fused-ring (bicyclic) bond motifs is 3. The zero-order valence-electron chi connectivity index (χ0n) is 24.6. The maximum Gasteiger partial charge on any atom is 0.258 e. The van der Waals surface area contributed by atoms with Gasteiger partial charge in [-0.25, -0.2) is 11.4 Å². The molecule has 2 fully saturated rings. The van der Waals surface area contributed by atoms with Gasteiger partial charge >= 0.3 is 0 Å². The first-order valence-electron chi connectivity index (χ1n) is 14.2. The second kappa shape index (κ2) is 14.4. The Morgan fingerprint density at radius 1 is 1.34 bits per heavy atom. The van der Waals surface area contributed by atoms with Crippen LogP contribution < -0.4 is 28.2 Å². The summed E-state index contributed by atoms with van der Waals surface area (Å²) >= 11 is 3.14. The van der Waals surface area contributed by atoms with Crippen molar-refractivity contribution in [2.75, 3.05) is 13.6 Å². The molecule has 1 saturated heterocycles. The van der Waals surface area contributed by atoms with Gasteiger partial charge in [-0.05, 0) is 86.6 Å². The van der Waals surface area contributed by atoms with Crippen LogP contribution in [0.2, 0.25) is 0 Å². The standard InChI is InChI=1S/C19H26N6O2S2.C8H12N2.C2H6/c1-11(23-5-6-26)9-19(18(21)24-25-22)10-12-8-16(17(20)27)29-14(12)2-3-15-13(19)4-7-28-15;1-5-7-3-6(4-9)10(2)8(5)7;1-2/h4,6-8,11,23,25H,2-3,5,9-10,22H2,1H3,(H2,20,27)(H2,21,24);5-8H,3H2,1-2H3;1-2H3/t11-,19?;5-,6-,7?,8?;/m10./s1. The first-order valence-corrected chi connectivity index (χ1v) is 15.9. The molecule has 1 aliphatic heterocycles. The highest BCUT2D eigenvalue weighted by Crippen LogP contribution is 2.52. The second-order valence-corrected chi connectivity index (χ2v) is 12.9. The van der Waals surface area contributed by atoms with Gasteiger partial charge in [0.15, 0.2) is 0 Å². The number of nitriles is 1. The molecule has 1 saturated carbocycles. The van der Waals surface area contributed by atoms with Crippen molar-refractivity contribution in [3.63, 3.8) is 0 Å². The van der Waals surface area contributed by atoms with Crippen molar-refractivity contribution in [3.8, 4) is 6.07 Å². The van der Waals surface area contributed by atoms with Crippen molar-refractivity contribution in [3.05, 3.63) is 43.3 Å². The van der Waals surface area contributed by atoms with Gasteiger partial charge in [-0.1, -0.05) is 20.8 Å². The summed E-state index contributed by atoms with van der Waals surface area (Å²) in [6.45, 7) is 8.55. The third-order valence-electron chi connectivity index (χ3n) is 8.47. The van der Waals surface area contributed by atoms with Crippen LogP contribution in [0.3, 0.4) is 0 Å². The van der Waals surface area contributed by atoms with Crippen LogP contribution in [0.4, 0.5) is 0 Å². The Morgan fingerprint density at radius 3 is 2.63 bits per heavy atom. The van der Waals surface area contributed by atoms with Gasteiger partial charge in [0.2, 0.25) is 0 Å². The van der Waals surface area contributed by atoms with Gasteiger partial charge in [-0.3, -0.25) is 9.69 Å². The van der Waals surface area contributed by atoms with Crippen molar-refractivity contribution in [2.45, 2.75) is 83.3 Å². The Kier molecular flexibility index (Phi) is 11.5. The molecule has 3 heterocycles. The molecule has 12 heteroatoms. The number of hydrazine groups is 1. The molecule has 3 aliphatic rings. The van der Waals surface area contributed by atoms with E-state index < -0.39 is 11.3 Å². The van der Waals surface area contributed by atoms with E-state index in [0.717, 1.165) is 59.4 Å². The number of likely N-dealkylation sites (tertiary alicyclic amines) is 1. The van der Waals surface area contributed by atoms with Crippen LogP contribution in [0.15, 0.2) is 22.6 Å². The number of amidine groups is 1. The van der Waals surface area contributed by atoms with E-state index in [-0.39, 0.29) is 18.6 Å². The van der Waals surface area contributed by atoms with Crippen LogP contribution in [0, 0.1) is 23.2 Å². The minimum absolute atomic E-state index is 0.00315. The van der Waals surface area contributed by atoms with Gasteiger partial charge in [0.25, 0.3) is 5.91 Å². The van der Waals surface area contributed by atoms with Crippen molar-refractivity contribution >= 4 is 40.7 Å². The number of nitrogens with zero attached hydrogens (tertiary/aromatic N) is 3. The number of hydrogen-bond acceptors (Lipinski definition) is 10. The molecule has 5 rings (SSSR count). The highest BCUT2D eigenvalue weighted by Gasteiger charge is 2.56. The van der Waals surface area contributed by atoms with Crippen molar-refractivity contribution in [1.82, 2.24) is 15.8 Å². The van der Waals surface area contributed by atoms with Crippen LogP contribution in [-0.4, -0.2) is 54.6 Å². The van der Waals surface area contributed by atoms with Gasteiger partial charge in [-0.15, -0.1) is 22.7 Å². The lowest BCUT2D eigenvalue weighted by atomic mass is 9.69. The second-order valence-electron chi connectivity index (χ2n) is 10.8. The molecule has 6 atom stereocenters. The van der Waals surface area contributed by atoms with Crippen LogP contribution in [0.5, 0.6) is 0 Å². The van der Waals surface area contributed by atoms with E-state index in [1.54, 1.807) is 11.3 Å². The molecule has 2 aliphatic carbocycles. The number of nitrogens with two attached hydrogens (primary N) is 3. The minimum atomic E-state index is -0.637. The average Bonchev–Trinajstić information content (AvgIpc) is 3.34. The molecule has 0 aromatic carbocycles. The highest BCUT2D eigenvalue weighted by molar-refractivity contribution is 7.14. The summed E-state index contributed by atoms with van der Waals surface area (Å²) in [6, 6.07) is 7.24. The molecule has 8 N–H and O–H groups in total. The number of rotatable bonds is 8. The van der Waals surface area contributed by atoms with E-state index >= 15 is 0 Å². The molecule has 2 aromatic heterocycles. The first-order chi connectivity index (χ1) is 19.7. The fourth-order valence-electron chi connectivity index (χ4n) is 6.42.